The lowest BCUT2D eigenvalue weighted by Gasteiger charge is -2.25. The molecule has 0 saturated heterocycles. The van der Waals surface area contributed by atoms with Crippen molar-refractivity contribution in [3.63, 3.8) is 0 Å². The van der Waals surface area contributed by atoms with E-state index in [0.29, 0.717) is 12.2 Å². The summed E-state index contributed by atoms with van der Waals surface area (Å²) in [7, 11) is 0. The molecule has 0 atom stereocenters. The number of phenols is 1. The van der Waals surface area contributed by atoms with Crippen LogP contribution in [-0.4, -0.2) is 22.7 Å². The number of carbonyl (C=O) groups is 1. The number of phenolic OH excluding ortho intramolecular Hbond substituents is 1. The van der Waals surface area contributed by atoms with Gasteiger partial charge in [-0.05, 0) is 42.8 Å². The molecule has 0 spiro atoms. The van der Waals surface area contributed by atoms with Gasteiger partial charge in [0.05, 0.1) is 16.9 Å². The van der Waals surface area contributed by atoms with Gasteiger partial charge < -0.3 is 20.8 Å². The third-order valence-electron chi connectivity index (χ3n) is 3.31. The molecule has 0 fully saturated rings. The van der Waals surface area contributed by atoms with Crippen molar-refractivity contribution in [3.8, 4) is 5.75 Å². The van der Waals surface area contributed by atoms with Gasteiger partial charge >= 0.3 is 5.97 Å². The smallest absolute Gasteiger partial charge is 0.335 e. The van der Waals surface area contributed by atoms with E-state index in [1.807, 2.05) is 24.0 Å². The summed E-state index contributed by atoms with van der Waals surface area (Å²) in [6, 6.07) is 11.7. The van der Waals surface area contributed by atoms with Crippen molar-refractivity contribution < 1.29 is 15.0 Å². The number of nitrogens with zero attached hydrogens (tertiary/aromatic N) is 1. The van der Waals surface area contributed by atoms with Crippen molar-refractivity contribution in [1.29, 1.82) is 0 Å². The second-order valence-electron chi connectivity index (χ2n) is 4.76. The summed E-state index contributed by atoms with van der Waals surface area (Å²) >= 11 is 0. The van der Waals surface area contributed by atoms with Crippen LogP contribution in [0.5, 0.6) is 5.75 Å². The number of aromatic hydroxyl groups is 1. The highest BCUT2D eigenvalue weighted by Crippen LogP contribution is 2.26. The first-order valence-corrected chi connectivity index (χ1v) is 6.67. The number of hydrogen-bond donors (Lipinski definition) is 3. The zero-order valence-electron chi connectivity index (χ0n) is 11.8. The molecule has 0 unspecified atom stereocenters. The molecule has 0 aromatic heterocycles. The molecule has 5 nitrogen and oxygen atoms in total. The summed E-state index contributed by atoms with van der Waals surface area (Å²) in [4.78, 5) is 13.0. The van der Waals surface area contributed by atoms with Crippen LogP contribution in [-0.2, 0) is 6.54 Å². The van der Waals surface area contributed by atoms with Crippen LogP contribution in [0.4, 0.5) is 11.4 Å². The summed E-state index contributed by atoms with van der Waals surface area (Å²) in [5.74, 6) is -0.762. The van der Waals surface area contributed by atoms with E-state index in [2.05, 4.69) is 0 Å². The minimum atomic E-state index is -0.991. The largest absolute Gasteiger partial charge is 0.508 e. The van der Waals surface area contributed by atoms with E-state index in [0.717, 1.165) is 17.8 Å². The number of hydrogen-bond acceptors (Lipinski definition) is 4. The van der Waals surface area contributed by atoms with E-state index < -0.39 is 5.97 Å². The molecule has 5 heteroatoms. The van der Waals surface area contributed by atoms with Gasteiger partial charge in [0.2, 0.25) is 0 Å². The Bertz CT molecular complexity index is 638. The Morgan fingerprint density at radius 3 is 2.38 bits per heavy atom. The highest BCUT2D eigenvalue weighted by atomic mass is 16.4. The Kier molecular flexibility index (Phi) is 4.33. The molecule has 0 bridgehead atoms. The number of carboxylic acids is 1. The average Bonchev–Trinajstić information content (AvgIpc) is 2.47. The Morgan fingerprint density at radius 1 is 1.19 bits per heavy atom. The Hall–Kier alpha value is -2.69. The molecule has 0 aliphatic carbocycles. The second-order valence-corrected chi connectivity index (χ2v) is 4.76. The molecule has 21 heavy (non-hydrogen) atoms. The average molecular weight is 286 g/mol. The third kappa shape index (κ3) is 3.45. The van der Waals surface area contributed by atoms with Gasteiger partial charge in [0.1, 0.15) is 5.75 Å². The maximum atomic E-state index is 10.9. The number of benzene rings is 2. The van der Waals surface area contributed by atoms with Gasteiger partial charge in [0.25, 0.3) is 0 Å². The highest BCUT2D eigenvalue weighted by Gasteiger charge is 2.11. The minimum absolute atomic E-state index is 0.178. The highest BCUT2D eigenvalue weighted by molar-refractivity contribution is 5.90. The van der Waals surface area contributed by atoms with Crippen LogP contribution >= 0.6 is 0 Å². The molecular formula is C16H18N2O3. The predicted molar refractivity (Wildman–Crippen MR) is 82.6 cm³/mol. The maximum absolute atomic E-state index is 10.9. The van der Waals surface area contributed by atoms with Gasteiger partial charge in [-0.3, -0.25) is 0 Å². The van der Waals surface area contributed by atoms with Gasteiger partial charge in [-0.25, -0.2) is 4.79 Å². The quantitative estimate of drug-likeness (QED) is 0.736. The van der Waals surface area contributed by atoms with Gasteiger partial charge in [-0.1, -0.05) is 12.1 Å². The van der Waals surface area contributed by atoms with Crippen molar-refractivity contribution in [3.05, 3.63) is 53.6 Å². The normalized spacial score (nSPS) is 10.3. The molecule has 2 aromatic rings. The van der Waals surface area contributed by atoms with E-state index in [1.54, 1.807) is 24.3 Å². The first-order chi connectivity index (χ1) is 10.0. The van der Waals surface area contributed by atoms with Crippen molar-refractivity contribution in [1.82, 2.24) is 0 Å². The molecule has 0 aliphatic rings. The molecule has 0 heterocycles. The predicted octanol–water partition coefficient (Wildman–Crippen LogP) is 2.70. The van der Waals surface area contributed by atoms with Gasteiger partial charge in [-0.2, -0.15) is 0 Å². The van der Waals surface area contributed by atoms with E-state index in [4.69, 9.17) is 10.8 Å². The van der Waals surface area contributed by atoms with E-state index in [-0.39, 0.29) is 11.3 Å². The molecule has 0 radical (unpaired) electrons. The first kappa shape index (κ1) is 14.7. The van der Waals surface area contributed by atoms with E-state index in [9.17, 15) is 9.90 Å². The Morgan fingerprint density at radius 2 is 1.86 bits per heavy atom. The summed E-state index contributed by atoms with van der Waals surface area (Å²) in [6.45, 7) is 3.37. The minimum Gasteiger partial charge on any atom is -0.508 e. The lowest BCUT2D eigenvalue weighted by Crippen LogP contribution is -2.23. The first-order valence-electron chi connectivity index (χ1n) is 6.67. The molecule has 0 aliphatic heterocycles. The maximum Gasteiger partial charge on any atom is 0.335 e. The van der Waals surface area contributed by atoms with Crippen molar-refractivity contribution in [2.45, 2.75) is 13.5 Å². The van der Waals surface area contributed by atoms with Crippen LogP contribution in [0.3, 0.4) is 0 Å². The van der Waals surface area contributed by atoms with Crippen LogP contribution in [0.1, 0.15) is 22.8 Å². The zero-order valence-corrected chi connectivity index (χ0v) is 11.8. The lowest BCUT2D eigenvalue weighted by molar-refractivity contribution is 0.0697. The number of nitrogen functional groups attached to an aromatic ring is 1. The van der Waals surface area contributed by atoms with Gasteiger partial charge in [0.15, 0.2) is 0 Å². The molecule has 0 amide bonds. The van der Waals surface area contributed by atoms with E-state index in [1.165, 1.54) is 6.07 Å². The van der Waals surface area contributed by atoms with Gasteiger partial charge in [-0.15, -0.1) is 0 Å². The molecule has 2 aromatic carbocycles. The standard InChI is InChI=1S/C16H18N2O3/c1-2-18(10-11-3-6-13(19)7-4-11)15-8-5-12(16(20)21)9-14(15)17/h3-9,19H,2,10,17H2,1H3,(H,20,21). The monoisotopic (exact) mass is 286 g/mol. The topological polar surface area (TPSA) is 86.8 Å². The SMILES string of the molecule is CCN(Cc1ccc(O)cc1)c1ccc(C(=O)O)cc1N. The fourth-order valence-electron chi connectivity index (χ4n) is 2.16. The van der Waals surface area contributed by atoms with Crippen LogP contribution in [0, 0.1) is 0 Å². The van der Waals surface area contributed by atoms with Crippen molar-refractivity contribution in [2.24, 2.45) is 0 Å². The fourth-order valence-corrected chi connectivity index (χ4v) is 2.16. The Labute approximate surface area is 123 Å². The number of anilines is 2. The van der Waals surface area contributed by atoms with Crippen LogP contribution in [0.15, 0.2) is 42.5 Å². The number of aromatic carboxylic acids is 1. The number of nitrogens with two attached hydrogens (primary N) is 1. The molecule has 110 valence electrons. The summed E-state index contributed by atoms with van der Waals surface area (Å²) in [6.07, 6.45) is 0. The van der Waals surface area contributed by atoms with Crippen LogP contribution in [0.2, 0.25) is 0 Å². The van der Waals surface area contributed by atoms with Crippen LogP contribution < -0.4 is 10.6 Å². The second kappa shape index (κ2) is 6.17. The summed E-state index contributed by atoms with van der Waals surface area (Å²) < 4.78 is 0. The van der Waals surface area contributed by atoms with Gasteiger partial charge in [0, 0.05) is 13.1 Å². The van der Waals surface area contributed by atoms with E-state index >= 15 is 0 Å². The third-order valence-corrected chi connectivity index (χ3v) is 3.31. The lowest BCUT2D eigenvalue weighted by atomic mass is 10.1. The summed E-state index contributed by atoms with van der Waals surface area (Å²) in [5, 5.41) is 18.3. The molecule has 2 rings (SSSR count). The van der Waals surface area contributed by atoms with Crippen molar-refractivity contribution in [2.75, 3.05) is 17.2 Å². The van der Waals surface area contributed by atoms with Crippen LogP contribution in [0.25, 0.3) is 0 Å². The zero-order chi connectivity index (χ0) is 15.4. The number of carboxylic acid groups (broad SMARTS) is 1. The molecular weight excluding hydrogens is 268 g/mol. The summed E-state index contributed by atoms with van der Waals surface area (Å²) in [5.41, 5.74) is 8.43. The number of rotatable bonds is 5. The molecule has 0 saturated carbocycles. The fraction of sp³-hybridized carbons (Fsp3) is 0.188. The molecule has 4 N–H and O–H groups in total. The van der Waals surface area contributed by atoms with Crippen molar-refractivity contribution >= 4 is 17.3 Å². The Balaban J connectivity index is 2.25.